The molecule has 7 nitrogen and oxygen atoms in total. The second-order valence-corrected chi connectivity index (χ2v) is 10.7. The molecule has 188 valence electrons. The number of methoxy groups -OCH3 is 1. The zero-order chi connectivity index (χ0) is 26.1. The molecule has 1 atom stereocenters. The average Bonchev–Trinajstić information content (AvgIpc) is 3.49. The van der Waals surface area contributed by atoms with Gasteiger partial charge in [-0.05, 0) is 83.6 Å². The van der Waals surface area contributed by atoms with Gasteiger partial charge in [-0.25, -0.2) is 5.01 Å². The van der Waals surface area contributed by atoms with Crippen LogP contribution in [0.5, 0.6) is 11.5 Å². The number of rotatable bonds is 5. The molecule has 0 saturated carbocycles. The third kappa shape index (κ3) is 5.28. The molecule has 2 aliphatic heterocycles. The highest BCUT2D eigenvalue weighted by Gasteiger charge is 2.37. The molecule has 0 bridgehead atoms. The molecule has 1 amide bonds. The third-order valence-electron chi connectivity index (χ3n) is 6.24. The van der Waals surface area contributed by atoms with Crippen molar-refractivity contribution in [3.05, 3.63) is 92.8 Å². The van der Waals surface area contributed by atoms with Gasteiger partial charge < -0.3 is 14.7 Å². The van der Waals surface area contributed by atoms with Crippen molar-refractivity contribution in [2.45, 2.75) is 12.5 Å². The first-order valence-electron chi connectivity index (χ1n) is 11.6. The van der Waals surface area contributed by atoms with Crippen molar-refractivity contribution in [1.29, 1.82) is 0 Å². The van der Waals surface area contributed by atoms with Crippen LogP contribution < -0.4 is 9.64 Å². The molecule has 0 aliphatic carbocycles. The monoisotopic (exact) mass is 576 g/mol. The van der Waals surface area contributed by atoms with E-state index in [4.69, 9.17) is 9.84 Å². The molecule has 2 aliphatic rings. The van der Waals surface area contributed by atoms with Gasteiger partial charge in [-0.1, -0.05) is 28.1 Å². The van der Waals surface area contributed by atoms with Crippen molar-refractivity contribution in [2.75, 3.05) is 26.1 Å². The number of amides is 1. The number of carbonyl (C=O) groups is 1. The number of hydrazone groups is 1. The number of ether oxygens (including phenoxy) is 1. The van der Waals surface area contributed by atoms with Gasteiger partial charge in [0, 0.05) is 36.2 Å². The van der Waals surface area contributed by atoms with Gasteiger partial charge in [-0.2, -0.15) is 10.1 Å². The van der Waals surface area contributed by atoms with Crippen LogP contribution in [0.1, 0.15) is 29.2 Å². The Kier molecular flexibility index (Phi) is 7.08. The molecule has 0 spiro atoms. The van der Waals surface area contributed by atoms with E-state index in [1.54, 1.807) is 31.4 Å². The summed E-state index contributed by atoms with van der Waals surface area (Å²) in [4.78, 5) is 19.5. The Bertz CT molecular complexity index is 1430. The van der Waals surface area contributed by atoms with Crippen molar-refractivity contribution in [1.82, 2.24) is 5.01 Å². The fraction of sp³-hybridized carbons (Fsp3) is 0.179. The lowest BCUT2D eigenvalue weighted by Crippen LogP contribution is -2.26. The topological polar surface area (TPSA) is 77.7 Å². The van der Waals surface area contributed by atoms with Crippen molar-refractivity contribution in [3.8, 4) is 11.5 Å². The Hall–Kier alpha value is -3.56. The standard InChI is InChI=1S/C28H25BrN4O3S/c1-32(2)21-9-4-18(5-10-21)24-16-23(17-6-11-22(36-3)12-7-17)31-33(24)27-26(37-28(35)30-27)15-19-14-20(29)8-13-25(19)34/h4-15,24,34H,16H2,1-3H3/b26-15-. The summed E-state index contributed by atoms with van der Waals surface area (Å²) in [5.74, 6) is 1.37. The zero-order valence-electron chi connectivity index (χ0n) is 20.6. The van der Waals surface area contributed by atoms with Gasteiger partial charge in [0.2, 0.25) is 0 Å². The highest BCUT2D eigenvalue weighted by atomic mass is 79.9. The summed E-state index contributed by atoms with van der Waals surface area (Å²) < 4.78 is 6.13. The molecule has 1 N–H and O–H groups in total. The number of phenols is 1. The van der Waals surface area contributed by atoms with Crippen molar-refractivity contribution in [2.24, 2.45) is 10.1 Å². The van der Waals surface area contributed by atoms with E-state index < -0.39 is 0 Å². The highest BCUT2D eigenvalue weighted by molar-refractivity contribution is 9.10. The third-order valence-corrected chi connectivity index (χ3v) is 7.52. The molecule has 0 fully saturated rings. The summed E-state index contributed by atoms with van der Waals surface area (Å²) in [7, 11) is 5.65. The number of amidine groups is 1. The number of nitrogens with zero attached hydrogens (tertiary/aromatic N) is 4. The Balaban J connectivity index is 1.57. The van der Waals surface area contributed by atoms with Gasteiger partial charge >= 0.3 is 5.24 Å². The number of hydrogen-bond donors (Lipinski definition) is 1. The van der Waals surface area contributed by atoms with Crippen LogP contribution in [0.2, 0.25) is 0 Å². The number of hydrogen-bond acceptors (Lipinski definition) is 7. The molecule has 0 radical (unpaired) electrons. The summed E-state index contributed by atoms with van der Waals surface area (Å²) in [6.07, 6.45) is 2.42. The van der Waals surface area contributed by atoms with Crippen molar-refractivity contribution in [3.63, 3.8) is 0 Å². The lowest BCUT2D eigenvalue weighted by Gasteiger charge is -2.24. The highest BCUT2D eigenvalue weighted by Crippen LogP contribution is 2.40. The largest absolute Gasteiger partial charge is 0.507 e. The number of anilines is 1. The summed E-state index contributed by atoms with van der Waals surface area (Å²) in [5.41, 5.74) is 4.62. The normalized spacial score (nSPS) is 18.3. The maximum atomic E-state index is 12.5. The van der Waals surface area contributed by atoms with Gasteiger partial charge in [-0.3, -0.25) is 4.79 Å². The van der Waals surface area contributed by atoms with Crippen LogP contribution in [-0.2, 0) is 0 Å². The number of aliphatic imine (C=N–C) groups is 1. The molecule has 1 unspecified atom stereocenters. The minimum atomic E-state index is -0.314. The molecule has 9 heteroatoms. The summed E-state index contributed by atoms with van der Waals surface area (Å²) >= 11 is 4.48. The molecule has 0 aromatic heterocycles. The lowest BCUT2D eigenvalue weighted by atomic mass is 9.98. The first kappa shape index (κ1) is 25.1. The maximum Gasteiger partial charge on any atom is 0.311 e. The van der Waals surface area contributed by atoms with Crippen LogP contribution in [0.15, 0.2) is 86.2 Å². The minimum absolute atomic E-state index is 0.120. The average molecular weight is 578 g/mol. The second-order valence-electron chi connectivity index (χ2n) is 8.84. The first-order valence-corrected chi connectivity index (χ1v) is 13.2. The molecule has 0 saturated heterocycles. The van der Waals surface area contributed by atoms with E-state index in [0.717, 1.165) is 44.5 Å². The predicted molar refractivity (Wildman–Crippen MR) is 154 cm³/mol. The first-order chi connectivity index (χ1) is 17.8. The van der Waals surface area contributed by atoms with Crippen molar-refractivity contribution < 1.29 is 14.6 Å². The Morgan fingerprint density at radius 3 is 2.51 bits per heavy atom. The molecule has 5 rings (SSSR count). The van der Waals surface area contributed by atoms with Crippen LogP contribution in [0, 0.1) is 0 Å². The Labute approximate surface area is 228 Å². The predicted octanol–water partition coefficient (Wildman–Crippen LogP) is 6.69. The lowest BCUT2D eigenvalue weighted by molar-refractivity contribution is 0.267. The van der Waals surface area contributed by atoms with Crippen LogP contribution in [0.4, 0.5) is 10.5 Å². The fourth-order valence-corrected chi connectivity index (χ4v) is 5.38. The zero-order valence-corrected chi connectivity index (χ0v) is 23.0. The molecule has 3 aromatic rings. The molecule has 37 heavy (non-hydrogen) atoms. The molecular formula is C28H25BrN4O3S. The van der Waals surface area contributed by atoms with Crippen LogP contribution in [0.3, 0.4) is 0 Å². The van der Waals surface area contributed by atoms with Gasteiger partial charge in [0.1, 0.15) is 11.5 Å². The maximum absolute atomic E-state index is 12.5. The van der Waals surface area contributed by atoms with E-state index in [9.17, 15) is 9.90 Å². The molecule has 2 heterocycles. The Morgan fingerprint density at radius 1 is 1.11 bits per heavy atom. The van der Waals surface area contributed by atoms with E-state index in [1.165, 1.54) is 0 Å². The summed E-state index contributed by atoms with van der Waals surface area (Å²) in [6.45, 7) is 0. The quantitative estimate of drug-likeness (QED) is 0.364. The van der Waals surface area contributed by atoms with E-state index in [2.05, 4.69) is 50.1 Å². The smallest absolute Gasteiger partial charge is 0.311 e. The minimum Gasteiger partial charge on any atom is -0.507 e. The number of thioether (sulfide) groups is 1. The van der Waals surface area contributed by atoms with Crippen LogP contribution >= 0.6 is 27.7 Å². The number of phenolic OH excluding ortho intramolecular Hbond substituents is 1. The van der Waals surface area contributed by atoms with E-state index in [-0.39, 0.29) is 17.0 Å². The fourth-order valence-electron chi connectivity index (χ4n) is 4.26. The van der Waals surface area contributed by atoms with E-state index >= 15 is 0 Å². The molecular weight excluding hydrogens is 552 g/mol. The number of benzene rings is 3. The second kappa shape index (κ2) is 10.4. The van der Waals surface area contributed by atoms with Gasteiger partial charge in [0.05, 0.1) is 23.8 Å². The number of halogens is 1. The summed E-state index contributed by atoms with van der Waals surface area (Å²) in [5, 5.41) is 16.9. The number of aromatic hydroxyl groups is 1. The van der Waals surface area contributed by atoms with E-state index in [1.807, 2.05) is 43.4 Å². The van der Waals surface area contributed by atoms with Gasteiger partial charge in [0.25, 0.3) is 0 Å². The van der Waals surface area contributed by atoms with Crippen LogP contribution in [0.25, 0.3) is 6.08 Å². The van der Waals surface area contributed by atoms with E-state index in [0.29, 0.717) is 22.7 Å². The molecule has 3 aromatic carbocycles. The van der Waals surface area contributed by atoms with Gasteiger partial charge in [-0.15, -0.1) is 0 Å². The number of carbonyl (C=O) groups excluding carboxylic acids is 1. The Morgan fingerprint density at radius 2 is 1.84 bits per heavy atom. The van der Waals surface area contributed by atoms with Crippen molar-refractivity contribution >= 4 is 56.2 Å². The SMILES string of the molecule is COc1ccc(C2=NN(C3=NC(=O)S/C3=C\c3cc(Br)ccc3O)C(c3ccc(N(C)C)cc3)C2)cc1. The van der Waals surface area contributed by atoms with Gasteiger partial charge in [0.15, 0.2) is 5.84 Å². The summed E-state index contributed by atoms with van der Waals surface area (Å²) in [6, 6.07) is 21.1. The van der Waals surface area contributed by atoms with Crippen LogP contribution in [-0.4, -0.2) is 48.1 Å².